The molecule has 1 aromatic rings. The third-order valence-corrected chi connectivity index (χ3v) is 3.74. The highest BCUT2D eigenvalue weighted by Crippen LogP contribution is 2.21. The summed E-state index contributed by atoms with van der Waals surface area (Å²) in [5.41, 5.74) is 0.151. The van der Waals surface area contributed by atoms with Gasteiger partial charge < -0.3 is 24.6 Å². The van der Waals surface area contributed by atoms with Crippen molar-refractivity contribution in [1.82, 2.24) is 9.80 Å². The monoisotopic (exact) mass is 339 g/mol. The minimum Gasteiger partial charge on any atom is -0.494 e. The minimum atomic E-state index is -0.509. The van der Waals surface area contributed by atoms with E-state index in [0.717, 1.165) is 6.54 Å². The molecule has 0 radical (unpaired) electrons. The predicted molar refractivity (Wildman–Crippen MR) is 91.0 cm³/mol. The van der Waals surface area contributed by atoms with Gasteiger partial charge in [-0.2, -0.15) is 0 Å². The van der Waals surface area contributed by atoms with E-state index in [1.54, 1.807) is 11.0 Å². The normalized spacial score (nSPS) is 18.4. The highest BCUT2D eigenvalue weighted by atomic mass is 19.1. The third kappa shape index (κ3) is 5.35. The van der Waals surface area contributed by atoms with Crippen LogP contribution >= 0.6 is 0 Å². The van der Waals surface area contributed by atoms with Crippen molar-refractivity contribution >= 4 is 11.7 Å². The summed E-state index contributed by atoms with van der Waals surface area (Å²) in [5.74, 6) is 0.172. The maximum absolute atomic E-state index is 14.1. The first kappa shape index (κ1) is 18.5. The quantitative estimate of drug-likeness (QED) is 0.894. The number of ether oxygens (including phenoxy) is 2. The van der Waals surface area contributed by atoms with Gasteiger partial charge in [0.1, 0.15) is 11.6 Å². The molecule has 1 aromatic carbocycles. The highest BCUT2D eigenvalue weighted by molar-refractivity contribution is 5.89. The lowest BCUT2D eigenvalue weighted by Crippen LogP contribution is -2.41. The van der Waals surface area contributed by atoms with Crippen LogP contribution in [0, 0.1) is 11.7 Å². The van der Waals surface area contributed by atoms with Gasteiger partial charge in [0.15, 0.2) is 0 Å². The molecular weight excluding hydrogens is 313 g/mol. The Labute approximate surface area is 142 Å². The van der Waals surface area contributed by atoms with Gasteiger partial charge in [0, 0.05) is 31.6 Å². The molecule has 1 atom stereocenters. The molecule has 1 N–H and O–H groups in total. The fourth-order valence-corrected chi connectivity index (χ4v) is 2.74. The number of amides is 2. The zero-order valence-corrected chi connectivity index (χ0v) is 14.5. The Bertz CT molecular complexity index is 554. The molecular formula is C17H26FN3O3. The lowest BCUT2D eigenvalue weighted by molar-refractivity contribution is 0.112. The van der Waals surface area contributed by atoms with Gasteiger partial charge in [-0.25, -0.2) is 9.18 Å². The fourth-order valence-electron chi connectivity index (χ4n) is 2.74. The maximum atomic E-state index is 14.1. The number of carbonyl (C=O) groups excluding carboxylic acids is 1. The summed E-state index contributed by atoms with van der Waals surface area (Å²) in [6.45, 7) is 5.33. The van der Waals surface area contributed by atoms with Crippen molar-refractivity contribution < 1.29 is 18.7 Å². The van der Waals surface area contributed by atoms with Crippen LogP contribution in [0.5, 0.6) is 5.75 Å². The Balaban J connectivity index is 2.00. The molecule has 0 aliphatic carbocycles. The molecule has 6 nitrogen and oxygen atoms in total. The van der Waals surface area contributed by atoms with Crippen molar-refractivity contribution in [1.29, 1.82) is 0 Å². The van der Waals surface area contributed by atoms with Crippen molar-refractivity contribution in [2.45, 2.75) is 6.92 Å². The Hall–Kier alpha value is -1.86. The smallest absolute Gasteiger partial charge is 0.322 e. The van der Waals surface area contributed by atoms with Crippen molar-refractivity contribution in [3.8, 4) is 5.75 Å². The predicted octanol–water partition coefficient (Wildman–Crippen LogP) is 2.27. The summed E-state index contributed by atoms with van der Waals surface area (Å²) < 4.78 is 24.9. The second kappa shape index (κ2) is 8.84. The third-order valence-electron chi connectivity index (χ3n) is 3.74. The Kier molecular flexibility index (Phi) is 6.81. The maximum Gasteiger partial charge on any atom is 0.322 e. The molecule has 0 unspecified atom stereocenters. The second-order valence-electron chi connectivity index (χ2n) is 6.15. The van der Waals surface area contributed by atoms with E-state index >= 15 is 0 Å². The molecule has 24 heavy (non-hydrogen) atoms. The fraction of sp³-hybridized carbons (Fsp3) is 0.588. The number of hydrogen-bond acceptors (Lipinski definition) is 4. The Morgan fingerprint density at radius 1 is 1.50 bits per heavy atom. The van der Waals surface area contributed by atoms with Crippen molar-refractivity contribution in [2.75, 3.05) is 58.9 Å². The summed E-state index contributed by atoms with van der Waals surface area (Å²) >= 11 is 0. The molecule has 0 bridgehead atoms. The summed E-state index contributed by atoms with van der Waals surface area (Å²) in [5, 5.41) is 2.64. The highest BCUT2D eigenvalue weighted by Gasteiger charge is 2.23. The number of benzene rings is 1. The van der Waals surface area contributed by atoms with E-state index in [9.17, 15) is 9.18 Å². The molecule has 1 saturated heterocycles. The van der Waals surface area contributed by atoms with Gasteiger partial charge in [-0.15, -0.1) is 0 Å². The lowest BCUT2D eigenvalue weighted by Gasteiger charge is -2.25. The molecule has 0 saturated carbocycles. The van der Waals surface area contributed by atoms with Crippen LogP contribution in [0.15, 0.2) is 18.2 Å². The summed E-state index contributed by atoms with van der Waals surface area (Å²) in [4.78, 5) is 16.2. The van der Waals surface area contributed by atoms with E-state index in [-0.39, 0.29) is 17.6 Å². The lowest BCUT2D eigenvalue weighted by atomic mass is 10.1. The zero-order valence-electron chi connectivity index (χ0n) is 14.5. The van der Waals surface area contributed by atoms with Crippen molar-refractivity contribution in [2.24, 2.45) is 5.92 Å². The number of urea groups is 1. The molecule has 0 aromatic heterocycles. The van der Waals surface area contributed by atoms with Crippen LogP contribution in [0.25, 0.3) is 0 Å². The first-order chi connectivity index (χ1) is 11.5. The van der Waals surface area contributed by atoms with Crippen LogP contribution in [0.4, 0.5) is 14.9 Å². The summed E-state index contributed by atoms with van der Waals surface area (Å²) in [7, 11) is 3.98. The molecule has 2 amide bonds. The van der Waals surface area contributed by atoms with Crippen LogP contribution in [0.1, 0.15) is 6.92 Å². The van der Waals surface area contributed by atoms with E-state index in [0.29, 0.717) is 38.7 Å². The van der Waals surface area contributed by atoms with Gasteiger partial charge in [0.05, 0.1) is 25.5 Å². The number of anilines is 1. The summed E-state index contributed by atoms with van der Waals surface area (Å²) in [6, 6.07) is 4.12. The number of nitrogens with one attached hydrogen (secondary N) is 1. The molecule has 1 fully saturated rings. The topological polar surface area (TPSA) is 54.0 Å². The second-order valence-corrected chi connectivity index (χ2v) is 6.15. The van der Waals surface area contributed by atoms with Crippen molar-refractivity contribution in [3.05, 3.63) is 24.0 Å². The number of nitrogens with zero attached hydrogens (tertiary/aromatic N) is 2. The van der Waals surface area contributed by atoms with Crippen molar-refractivity contribution in [3.63, 3.8) is 0 Å². The minimum absolute atomic E-state index is 0.151. The standard InChI is InChI=1S/C17H26FN3O3/c1-4-24-14-5-6-16(15(18)9-14)19-17(22)21-7-8-23-12-13(11-21)10-20(2)3/h5-6,9,13H,4,7-8,10-12H2,1-3H3,(H,19,22)/t13-/m1/s1. The van der Waals surface area contributed by atoms with E-state index < -0.39 is 5.82 Å². The summed E-state index contributed by atoms with van der Waals surface area (Å²) in [6.07, 6.45) is 0. The number of hydrogen-bond donors (Lipinski definition) is 1. The molecule has 2 rings (SSSR count). The van der Waals surface area contributed by atoms with Crippen LogP contribution < -0.4 is 10.1 Å². The average Bonchev–Trinajstić information content (AvgIpc) is 2.75. The SMILES string of the molecule is CCOc1ccc(NC(=O)N2CCOC[C@H](CN(C)C)C2)c(F)c1. The Morgan fingerprint density at radius 2 is 2.29 bits per heavy atom. The van der Waals surface area contributed by atoms with Gasteiger partial charge >= 0.3 is 6.03 Å². The van der Waals surface area contributed by atoms with Gasteiger partial charge in [0.25, 0.3) is 0 Å². The first-order valence-corrected chi connectivity index (χ1v) is 8.20. The largest absolute Gasteiger partial charge is 0.494 e. The van der Waals surface area contributed by atoms with Crippen LogP contribution in [0.3, 0.4) is 0 Å². The van der Waals surface area contributed by atoms with Crippen LogP contribution in [-0.2, 0) is 4.74 Å². The molecule has 7 heteroatoms. The van der Waals surface area contributed by atoms with Gasteiger partial charge in [-0.1, -0.05) is 0 Å². The molecule has 1 aliphatic heterocycles. The van der Waals surface area contributed by atoms with Gasteiger partial charge in [0.2, 0.25) is 0 Å². The Morgan fingerprint density at radius 3 is 2.96 bits per heavy atom. The average molecular weight is 339 g/mol. The zero-order chi connectivity index (χ0) is 17.5. The number of halogens is 1. The van der Waals surface area contributed by atoms with E-state index in [1.165, 1.54) is 12.1 Å². The van der Waals surface area contributed by atoms with Gasteiger partial charge in [-0.3, -0.25) is 0 Å². The van der Waals surface area contributed by atoms with E-state index in [4.69, 9.17) is 9.47 Å². The van der Waals surface area contributed by atoms with E-state index in [1.807, 2.05) is 21.0 Å². The van der Waals surface area contributed by atoms with Crippen LogP contribution in [-0.4, -0.2) is 69.4 Å². The van der Waals surface area contributed by atoms with Crippen LogP contribution in [0.2, 0.25) is 0 Å². The molecule has 134 valence electrons. The molecule has 1 aliphatic rings. The number of rotatable bonds is 5. The molecule has 0 spiro atoms. The van der Waals surface area contributed by atoms with E-state index in [2.05, 4.69) is 10.2 Å². The van der Waals surface area contributed by atoms with Gasteiger partial charge in [-0.05, 0) is 33.2 Å². The molecule has 1 heterocycles. The first-order valence-electron chi connectivity index (χ1n) is 8.20. The number of carbonyl (C=O) groups is 1.